The zero-order valence-corrected chi connectivity index (χ0v) is 10.9. The maximum Gasteiger partial charge on any atom is 0.412 e. The second kappa shape index (κ2) is 10.7. The molecular weight excluding hydrogens is 324 g/mol. The molecule has 1 rings (SSSR count). The highest BCUT2D eigenvalue weighted by Gasteiger charge is 2.24. The first kappa shape index (κ1) is 21.2. The summed E-state index contributed by atoms with van der Waals surface area (Å²) in [7, 11) is 0. The molecule has 0 aromatic carbocycles. The number of nitrogens with zero attached hydrogens (tertiary/aromatic N) is 2. The number of carboxylic acid groups (broad SMARTS) is 1. The van der Waals surface area contributed by atoms with Crippen molar-refractivity contribution in [3.8, 4) is 0 Å². The zero-order chi connectivity index (χ0) is 18.6. The van der Waals surface area contributed by atoms with Crippen molar-refractivity contribution >= 4 is 41.8 Å². The van der Waals surface area contributed by atoms with Crippen molar-refractivity contribution in [2.24, 2.45) is 27.6 Å². The van der Waals surface area contributed by atoms with E-state index < -0.39 is 41.8 Å². The Balaban J connectivity index is 0. The maximum atomic E-state index is 10.3. The molecule has 0 atom stereocenters. The molecule has 0 bridgehead atoms. The van der Waals surface area contributed by atoms with E-state index in [-0.39, 0.29) is 0 Å². The van der Waals surface area contributed by atoms with E-state index in [1.54, 1.807) is 5.32 Å². The molecule has 0 fully saturated rings. The predicted molar refractivity (Wildman–Crippen MR) is 66.7 cm³/mol. The summed E-state index contributed by atoms with van der Waals surface area (Å²) in [5.74, 6) is -2.91. The van der Waals surface area contributed by atoms with Crippen LogP contribution in [0.3, 0.4) is 0 Å². The van der Waals surface area contributed by atoms with Gasteiger partial charge in [-0.2, -0.15) is 0 Å². The lowest BCUT2D eigenvalue weighted by atomic mass is 10.4. The minimum absolute atomic E-state index is 0.782. The van der Waals surface area contributed by atoms with Crippen molar-refractivity contribution in [2.75, 3.05) is 0 Å². The van der Waals surface area contributed by atoms with Gasteiger partial charge in [0.25, 0.3) is 5.90 Å². The SMILES string of the molecule is N=C1ON=NC(=O)C1=O.NC(=O)NC(=O)O.NC(=O)NC(N)=O. The number of urea groups is 3. The van der Waals surface area contributed by atoms with E-state index in [1.165, 1.54) is 5.32 Å². The van der Waals surface area contributed by atoms with Gasteiger partial charge in [0.1, 0.15) is 0 Å². The van der Waals surface area contributed by atoms with E-state index in [4.69, 9.17) is 10.5 Å². The molecule has 1 aliphatic rings. The van der Waals surface area contributed by atoms with Crippen LogP contribution in [-0.2, 0) is 14.4 Å². The molecule has 16 heteroatoms. The van der Waals surface area contributed by atoms with Crippen LogP contribution in [0.15, 0.2) is 10.4 Å². The van der Waals surface area contributed by atoms with Crippen molar-refractivity contribution in [1.29, 1.82) is 5.41 Å². The van der Waals surface area contributed by atoms with E-state index in [0.717, 1.165) is 0 Å². The average molecular weight is 334 g/mol. The molecule has 0 spiro atoms. The summed E-state index contributed by atoms with van der Waals surface area (Å²) in [5, 5.41) is 22.6. The fourth-order valence-electron chi connectivity index (χ4n) is 0.509. The second-order valence-electron chi connectivity index (χ2n) is 2.88. The van der Waals surface area contributed by atoms with Gasteiger partial charge in [-0.25, -0.2) is 24.5 Å². The quantitative estimate of drug-likeness (QED) is 0.232. The van der Waals surface area contributed by atoms with Crippen LogP contribution >= 0.6 is 0 Å². The monoisotopic (exact) mass is 334 g/mol. The molecule has 0 aliphatic carbocycles. The van der Waals surface area contributed by atoms with Crippen LogP contribution in [0, 0.1) is 5.41 Å². The highest BCUT2D eigenvalue weighted by molar-refractivity contribution is 6.62. The minimum atomic E-state index is -1.44. The lowest BCUT2D eigenvalue weighted by Gasteiger charge is -1.97. The number of rotatable bonds is 0. The van der Waals surface area contributed by atoms with E-state index in [1.807, 2.05) is 0 Å². The van der Waals surface area contributed by atoms with Gasteiger partial charge in [0.05, 0.1) is 0 Å². The summed E-state index contributed by atoms with van der Waals surface area (Å²) in [4.78, 5) is 62.6. The molecule has 23 heavy (non-hydrogen) atoms. The van der Waals surface area contributed by atoms with Crippen LogP contribution in [0.2, 0.25) is 0 Å². The second-order valence-corrected chi connectivity index (χ2v) is 2.88. The van der Waals surface area contributed by atoms with E-state index >= 15 is 0 Å². The fraction of sp³-hybridized carbons (Fsp3) is 0. The summed E-state index contributed by atoms with van der Waals surface area (Å²) < 4.78 is 0. The van der Waals surface area contributed by atoms with Gasteiger partial charge in [0.15, 0.2) is 0 Å². The number of primary amides is 3. The number of nitrogens with two attached hydrogens (primary N) is 3. The first-order chi connectivity index (χ1) is 10.5. The molecule has 0 aromatic heterocycles. The van der Waals surface area contributed by atoms with Gasteiger partial charge in [-0.05, 0) is 0 Å². The maximum absolute atomic E-state index is 10.3. The number of imide groups is 2. The molecule has 16 nitrogen and oxygen atoms in total. The highest BCUT2D eigenvalue weighted by atomic mass is 16.7. The largest absolute Gasteiger partial charge is 0.465 e. The Bertz CT molecular complexity index is 519. The third kappa shape index (κ3) is 14.1. The van der Waals surface area contributed by atoms with Crippen LogP contribution in [0.5, 0.6) is 0 Å². The van der Waals surface area contributed by atoms with E-state index in [2.05, 4.69) is 32.4 Å². The van der Waals surface area contributed by atoms with Crippen molar-refractivity contribution < 1.29 is 38.7 Å². The molecule has 0 saturated heterocycles. The van der Waals surface area contributed by atoms with Gasteiger partial charge in [-0.15, -0.1) is 0 Å². The van der Waals surface area contributed by atoms with Crippen LogP contribution < -0.4 is 27.8 Å². The van der Waals surface area contributed by atoms with Gasteiger partial charge in [-0.3, -0.25) is 20.3 Å². The van der Waals surface area contributed by atoms with Gasteiger partial charge < -0.3 is 27.1 Å². The smallest absolute Gasteiger partial charge is 0.412 e. The number of Topliss-reactive ketones (excluding diaryl/α,β-unsaturated/α-hetero) is 1. The number of amides is 8. The predicted octanol–water partition coefficient (Wildman–Crippen LogP) is -2.48. The van der Waals surface area contributed by atoms with Crippen LogP contribution in [0.4, 0.5) is 19.2 Å². The molecule has 8 amide bonds. The molecular formula is C7H10N8O8. The Labute approximate surface area is 125 Å². The molecule has 1 heterocycles. The van der Waals surface area contributed by atoms with Crippen LogP contribution in [0.25, 0.3) is 0 Å². The number of hydrogen-bond donors (Lipinski definition) is 7. The van der Waals surface area contributed by atoms with Crippen LogP contribution in [-0.4, -0.2) is 46.9 Å². The first-order valence-corrected chi connectivity index (χ1v) is 4.87. The van der Waals surface area contributed by atoms with Crippen molar-refractivity contribution in [3.05, 3.63) is 0 Å². The number of nitrogens with one attached hydrogen (secondary N) is 3. The third-order valence-electron chi connectivity index (χ3n) is 1.14. The van der Waals surface area contributed by atoms with Crippen molar-refractivity contribution in [2.45, 2.75) is 0 Å². The van der Waals surface area contributed by atoms with Gasteiger partial charge in [-0.1, -0.05) is 5.11 Å². The summed E-state index contributed by atoms with van der Waals surface area (Å²) >= 11 is 0. The molecule has 0 unspecified atom stereocenters. The first-order valence-electron chi connectivity index (χ1n) is 4.87. The fourth-order valence-corrected chi connectivity index (χ4v) is 0.509. The number of hydrogen-bond acceptors (Lipinski definition) is 9. The molecule has 0 aromatic rings. The average Bonchev–Trinajstić information content (AvgIpc) is 2.34. The van der Waals surface area contributed by atoms with Gasteiger partial charge in [0.2, 0.25) is 0 Å². The summed E-state index contributed by atoms with van der Waals surface area (Å²) in [6.45, 7) is 0. The Hall–Kier alpha value is -4.11. The Morgan fingerprint density at radius 1 is 1.00 bits per heavy atom. The molecule has 0 radical (unpaired) electrons. The highest BCUT2D eigenvalue weighted by Crippen LogP contribution is 1.94. The number of ketones is 1. The molecule has 0 saturated carbocycles. The van der Waals surface area contributed by atoms with Crippen LogP contribution in [0.1, 0.15) is 0 Å². The Kier molecular flexibility index (Phi) is 9.81. The van der Waals surface area contributed by atoms with Gasteiger partial charge in [0, 0.05) is 5.28 Å². The Morgan fingerprint density at radius 2 is 1.43 bits per heavy atom. The standard InChI is InChI=1S/C3HN3O3.C2H5N3O2.C2H4N2O3/c4-2-1(7)3(8)5-6-9-2;3-1(6)5-2(4)7;3-1(5)4-2(6)7/h4H;(H5,3,4,5,6,7);(H,6,7)(H3,3,4,5). The Morgan fingerprint density at radius 3 is 1.61 bits per heavy atom. The topological polar surface area (TPSA) is 283 Å². The van der Waals surface area contributed by atoms with E-state index in [9.17, 15) is 28.8 Å². The third-order valence-corrected chi connectivity index (χ3v) is 1.14. The van der Waals surface area contributed by atoms with Crippen molar-refractivity contribution in [3.63, 3.8) is 0 Å². The molecule has 10 N–H and O–H groups in total. The van der Waals surface area contributed by atoms with E-state index in [0.29, 0.717) is 0 Å². The summed E-state index contributed by atoms with van der Waals surface area (Å²) in [6.07, 6.45) is -1.44. The minimum Gasteiger partial charge on any atom is -0.465 e. The number of carbonyl (C=O) groups excluding carboxylic acids is 5. The lowest BCUT2D eigenvalue weighted by molar-refractivity contribution is -0.134. The normalized spacial score (nSPS) is 11.6. The molecule has 1 aliphatic heterocycles. The number of carbonyl (C=O) groups is 6. The zero-order valence-electron chi connectivity index (χ0n) is 10.9. The van der Waals surface area contributed by atoms with Gasteiger partial charge >= 0.3 is 35.9 Å². The summed E-state index contributed by atoms with van der Waals surface area (Å²) in [6, 6.07) is -2.94. The lowest BCUT2D eigenvalue weighted by Crippen LogP contribution is -2.38. The molecule has 126 valence electrons. The van der Waals surface area contributed by atoms with Crippen molar-refractivity contribution in [1.82, 2.24) is 10.6 Å². The summed E-state index contributed by atoms with van der Waals surface area (Å²) in [5.41, 5.74) is 13.2.